The lowest BCUT2D eigenvalue weighted by Crippen LogP contribution is -2.01. The monoisotopic (exact) mass is 303 g/mol. The van der Waals surface area contributed by atoms with E-state index in [1.54, 1.807) is 37.3 Å². The highest BCUT2D eigenvalue weighted by atomic mass is 35.5. The summed E-state index contributed by atoms with van der Waals surface area (Å²) < 4.78 is 15.3. The van der Waals surface area contributed by atoms with Gasteiger partial charge in [0.2, 0.25) is 0 Å². The van der Waals surface area contributed by atoms with Crippen molar-refractivity contribution in [2.24, 2.45) is 0 Å². The Labute approximate surface area is 125 Å². The zero-order valence-corrected chi connectivity index (χ0v) is 11.8. The largest absolute Gasteiger partial charge is 0.398 e. The smallest absolute Gasteiger partial charge is 0.187 e. The molecule has 0 unspecified atom stereocenters. The number of hydrogen-bond donors (Lipinski definition) is 1. The van der Waals surface area contributed by atoms with Gasteiger partial charge in [0.25, 0.3) is 0 Å². The van der Waals surface area contributed by atoms with Crippen molar-refractivity contribution in [2.45, 2.75) is 6.92 Å². The third kappa shape index (κ3) is 2.45. The Morgan fingerprint density at radius 2 is 2.05 bits per heavy atom. The summed E-state index contributed by atoms with van der Waals surface area (Å²) in [4.78, 5) is 0. The van der Waals surface area contributed by atoms with Crippen molar-refractivity contribution >= 4 is 17.3 Å². The second-order valence-corrected chi connectivity index (χ2v) is 5.00. The molecule has 0 spiro atoms. The molecule has 0 bridgehead atoms. The quantitative estimate of drug-likeness (QED) is 0.739. The maximum Gasteiger partial charge on any atom is 0.187 e. The summed E-state index contributed by atoms with van der Waals surface area (Å²) in [6.07, 6.45) is 0. The van der Waals surface area contributed by atoms with E-state index in [2.05, 4.69) is 15.5 Å². The van der Waals surface area contributed by atoms with Gasteiger partial charge in [0.05, 0.1) is 5.69 Å². The third-order valence-corrected chi connectivity index (χ3v) is 3.40. The Kier molecular flexibility index (Phi) is 3.31. The number of benzene rings is 2. The van der Waals surface area contributed by atoms with Crippen LogP contribution in [0.2, 0.25) is 5.02 Å². The van der Waals surface area contributed by atoms with Gasteiger partial charge >= 0.3 is 0 Å². The molecule has 0 saturated heterocycles. The molecular formula is C14H11ClFN5. The number of anilines is 1. The van der Waals surface area contributed by atoms with Crippen molar-refractivity contribution in [3.05, 3.63) is 52.8 Å². The van der Waals surface area contributed by atoms with Gasteiger partial charge in [0.15, 0.2) is 5.82 Å². The predicted molar refractivity (Wildman–Crippen MR) is 78.7 cm³/mol. The molecule has 7 heteroatoms. The maximum absolute atomic E-state index is 13.9. The first-order chi connectivity index (χ1) is 10.1. The van der Waals surface area contributed by atoms with Gasteiger partial charge in [0.1, 0.15) is 5.82 Å². The van der Waals surface area contributed by atoms with E-state index in [0.29, 0.717) is 33.3 Å². The molecule has 21 heavy (non-hydrogen) atoms. The Morgan fingerprint density at radius 3 is 2.76 bits per heavy atom. The highest BCUT2D eigenvalue weighted by molar-refractivity contribution is 6.30. The molecule has 106 valence electrons. The molecule has 3 aromatic rings. The highest BCUT2D eigenvalue weighted by Gasteiger charge is 2.14. The van der Waals surface area contributed by atoms with E-state index in [1.165, 1.54) is 10.7 Å². The fourth-order valence-corrected chi connectivity index (χ4v) is 2.16. The van der Waals surface area contributed by atoms with Crippen LogP contribution in [0.1, 0.15) is 5.56 Å². The van der Waals surface area contributed by atoms with Crippen molar-refractivity contribution in [3.63, 3.8) is 0 Å². The number of hydrogen-bond acceptors (Lipinski definition) is 4. The predicted octanol–water partition coefficient (Wildman–Crippen LogP) is 3.01. The summed E-state index contributed by atoms with van der Waals surface area (Å²) in [5.74, 6) is -0.00601. The van der Waals surface area contributed by atoms with E-state index >= 15 is 0 Å². The van der Waals surface area contributed by atoms with Crippen molar-refractivity contribution in [2.75, 3.05) is 5.73 Å². The molecule has 2 N–H and O–H groups in total. The van der Waals surface area contributed by atoms with Crippen LogP contribution in [0.25, 0.3) is 17.1 Å². The lowest BCUT2D eigenvalue weighted by molar-refractivity contribution is 0.619. The number of rotatable bonds is 2. The summed E-state index contributed by atoms with van der Waals surface area (Å²) in [5.41, 5.74) is 7.74. The minimum Gasteiger partial charge on any atom is -0.398 e. The molecule has 1 aromatic heterocycles. The first-order valence-corrected chi connectivity index (χ1v) is 6.54. The van der Waals surface area contributed by atoms with Crippen LogP contribution in [-0.2, 0) is 0 Å². The lowest BCUT2D eigenvalue weighted by Gasteiger charge is -2.08. The number of nitrogens with two attached hydrogens (primary N) is 1. The Balaban J connectivity index is 2.16. The molecule has 0 amide bonds. The maximum atomic E-state index is 13.9. The average molecular weight is 304 g/mol. The van der Waals surface area contributed by atoms with Crippen LogP contribution in [0.3, 0.4) is 0 Å². The normalized spacial score (nSPS) is 10.8. The molecule has 0 saturated carbocycles. The minimum absolute atomic E-state index is 0.352. The van der Waals surface area contributed by atoms with Gasteiger partial charge in [-0.05, 0) is 47.7 Å². The van der Waals surface area contributed by atoms with Crippen LogP contribution in [0.4, 0.5) is 10.1 Å². The highest BCUT2D eigenvalue weighted by Crippen LogP contribution is 2.26. The van der Waals surface area contributed by atoms with Crippen molar-refractivity contribution in [1.29, 1.82) is 0 Å². The van der Waals surface area contributed by atoms with Crippen LogP contribution >= 0.6 is 11.6 Å². The number of aromatic nitrogens is 4. The van der Waals surface area contributed by atoms with Crippen molar-refractivity contribution in [1.82, 2.24) is 20.2 Å². The minimum atomic E-state index is -0.398. The summed E-state index contributed by atoms with van der Waals surface area (Å²) >= 11 is 5.97. The molecule has 5 nitrogen and oxygen atoms in total. The molecule has 0 fully saturated rings. The molecule has 0 radical (unpaired) electrons. The lowest BCUT2D eigenvalue weighted by atomic mass is 10.1. The fraction of sp³-hybridized carbons (Fsp3) is 0.0714. The van der Waals surface area contributed by atoms with Gasteiger partial charge in [-0.3, -0.25) is 0 Å². The zero-order chi connectivity index (χ0) is 15.0. The Morgan fingerprint density at radius 1 is 1.24 bits per heavy atom. The summed E-state index contributed by atoms with van der Waals surface area (Å²) in [5, 5.41) is 12.1. The first-order valence-electron chi connectivity index (χ1n) is 6.16. The second kappa shape index (κ2) is 5.14. The van der Waals surface area contributed by atoms with Crippen LogP contribution in [-0.4, -0.2) is 20.2 Å². The SMILES string of the molecule is Cc1c(N)cc(-c2nnnn2-c2cccc(Cl)c2)cc1F. The molecule has 0 aliphatic heterocycles. The van der Waals surface area contributed by atoms with Crippen LogP contribution in [0, 0.1) is 12.7 Å². The van der Waals surface area contributed by atoms with Crippen LogP contribution in [0.5, 0.6) is 0 Å². The molecular weight excluding hydrogens is 293 g/mol. The number of tetrazole rings is 1. The molecule has 2 aromatic carbocycles. The standard InChI is InChI=1S/C14H11ClFN5/c1-8-12(16)5-9(6-13(8)17)14-18-19-20-21(14)11-4-2-3-10(15)7-11/h2-7H,17H2,1H3. The summed E-state index contributed by atoms with van der Waals surface area (Å²) in [7, 11) is 0. The van der Waals surface area contributed by atoms with E-state index in [9.17, 15) is 4.39 Å². The van der Waals surface area contributed by atoms with E-state index in [1.807, 2.05) is 0 Å². The molecule has 0 aliphatic rings. The Hall–Kier alpha value is -2.47. The Bertz CT molecular complexity index is 792. The van der Waals surface area contributed by atoms with Crippen molar-refractivity contribution in [3.8, 4) is 17.1 Å². The average Bonchev–Trinajstić information content (AvgIpc) is 2.93. The van der Waals surface area contributed by atoms with Gasteiger partial charge in [-0.15, -0.1) is 5.10 Å². The van der Waals surface area contributed by atoms with Gasteiger partial charge in [0, 0.05) is 21.8 Å². The zero-order valence-electron chi connectivity index (χ0n) is 11.1. The number of halogens is 2. The van der Waals surface area contributed by atoms with E-state index < -0.39 is 5.82 Å². The topological polar surface area (TPSA) is 69.6 Å². The summed E-state index contributed by atoms with van der Waals surface area (Å²) in [6.45, 7) is 1.62. The van der Waals surface area contributed by atoms with Gasteiger partial charge in [-0.25, -0.2) is 4.39 Å². The second-order valence-electron chi connectivity index (χ2n) is 4.57. The molecule has 1 heterocycles. The van der Waals surface area contributed by atoms with Gasteiger partial charge in [-0.2, -0.15) is 4.68 Å². The molecule has 0 aliphatic carbocycles. The third-order valence-electron chi connectivity index (χ3n) is 3.16. The fourth-order valence-electron chi connectivity index (χ4n) is 1.98. The van der Waals surface area contributed by atoms with Crippen molar-refractivity contribution < 1.29 is 4.39 Å². The van der Waals surface area contributed by atoms with Crippen LogP contribution in [0.15, 0.2) is 36.4 Å². The van der Waals surface area contributed by atoms with Gasteiger partial charge in [-0.1, -0.05) is 17.7 Å². The van der Waals surface area contributed by atoms with Crippen LogP contribution < -0.4 is 5.73 Å². The number of nitrogens with zero attached hydrogens (tertiary/aromatic N) is 4. The molecule has 0 atom stereocenters. The van der Waals surface area contributed by atoms with E-state index in [0.717, 1.165) is 0 Å². The summed E-state index contributed by atoms with van der Waals surface area (Å²) in [6, 6.07) is 10.1. The number of nitrogen functional groups attached to an aromatic ring is 1. The molecule has 3 rings (SSSR count). The van der Waals surface area contributed by atoms with E-state index in [-0.39, 0.29) is 0 Å². The van der Waals surface area contributed by atoms with Gasteiger partial charge < -0.3 is 5.73 Å². The first kappa shape index (κ1) is 13.5. The van der Waals surface area contributed by atoms with E-state index in [4.69, 9.17) is 17.3 Å².